The molecule has 11 nitrogen and oxygen atoms in total. The molecular formula is C26H36N4O7. The Balaban J connectivity index is 2.05. The highest BCUT2D eigenvalue weighted by Gasteiger charge is 2.36. The lowest BCUT2D eigenvalue weighted by molar-refractivity contribution is -0.142. The van der Waals surface area contributed by atoms with Crippen LogP contribution < -0.4 is 16.0 Å². The highest BCUT2D eigenvalue weighted by molar-refractivity contribution is 6.08. The van der Waals surface area contributed by atoms with Gasteiger partial charge in [0.05, 0.1) is 11.1 Å². The monoisotopic (exact) mass is 516 g/mol. The Bertz CT molecular complexity index is 1040. The number of carbonyl (C=O) groups excluding carboxylic acids is 5. The fourth-order valence-corrected chi connectivity index (χ4v) is 3.98. The zero-order valence-corrected chi connectivity index (χ0v) is 21.7. The molecule has 2 rings (SSSR count). The number of rotatable bonds is 11. The zero-order valence-electron chi connectivity index (χ0n) is 21.7. The number of hydrogen-bond donors (Lipinski definition) is 4. The van der Waals surface area contributed by atoms with E-state index in [9.17, 15) is 28.8 Å². The lowest BCUT2D eigenvalue weighted by Crippen LogP contribution is -2.50. The Labute approximate surface area is 216 Å². The standard InChI is InChI=1S/C26H36N4O7/c1-5-17(28-25(36)19-10-7-6-9-18(19)24(35)27-14-22(32)33)13-21(31)30-12-8-11-20(30)26(37)29-23(34)16(4)15(2)3/h6-7,9-10,15-17,20H,5,8,11-14H2,1-4H3,(H,27,35)(H,28,36)(H,32,33)(H,29,34,37). The predicted molar refractivity (Wildman–Crippen MR) is 134 cm³/mol. The number of likely N-dealkylation sites (tertiary alicyclic amines) is 1. The number of aliphatic carboxylic acids is 1. The van der Waals surface area contributed by atoms with E-state index in [-0.39, 0.29) is 41.2 Å². The number of carboxylic acids is 1. The van der Waals surface area contributed by atoms with Crippen LogP contribution in [0.15, 0.2) is 24.3 Å². The van der Waals surface area contributed by atoms with Gasteiger partial charge in [-0.15, -0.1) is 0 Å². The summed E-state index contributed by atoms with van der Waals surface area (Å²) in [6.07, 6.45) is 1.43. The van der Waals surface area contributed by atoms with Gasteiger partial charge in [0.2, 0.25) is 17.7 Å². The summed E-state index contributed by atoms with van der Waals surface area (Å²) in [5.41, 5.74) is 0.0616. The fraction of sp³-hybridized carbons (Fsp3) is 0.538. The van der Waals surface area contributed by atoms with Gasteiger partial charge in [0.15, 0.2) is 0 Å². The number of benzene rings is 1. The average Bonchev–Trinajstić information content (AvgIpc) is 3.36. The first-order chi connectivity index (χ1) is 17.5. The van der Waals surface area contributed by atoms with Crippen molar-refractivity contribution in [3.63, 3.8) is 0 Å². The van der Waals surface area contributed by atoms with Crippen molar-refractivity contribution in [2.75, 3.05) is 13.1 Å². The highest BCUT2D eigenvalue weighted by atomic mass is 16.4. The van der Waals surface area contributed by atoms with Gasteiger partial charge in [-0.2, -0.15) is 0 Å². The van der Waals surface area contributed by atoms with Crippen molar-refractivity contribution in [2.45, 2.75) is 65.5 Å². The van der Waals surface area contributed by atoms with E-state index < -0.39 is 42.3 Å². The Morgan fingerprint density at radius 3 is 2.22 bits per heavy atom. The molecule has 0 saturated carbocycles. The van der Waals surface area contributed by atoms with Crippen LogP contribution >= 0.6 is 0 Å². The molecule has 1 saturated heterocycles. The van der Waals surface area contributed by atoms with E-state index in [2.05, 4.69) is 16.0 Å². The highest BCUT2D eigenvalue weighted by Crippen LogP contribution is 2.20. The maximum Gasteiger partial charge on any atom is 0.322 e. The molecule has 0 bridgehead atoms. The van der Waals surface area contributed by atoms with Gasteiger partial charge in [-0.25, -0.2) is 0 Å². The third kappa shape index (κ3) is 8.12. The van der Waals surface area contributed by atoms with E-state index in [0.29, 0.717) is 25.8 Å². The third-order valence-electron chi connectivity index (χ3n) is 6.60. The van der Waals surface area contributed by atoms with Crippen molar-refractivity contribution >= 4 is 35.5 Å². The van der Waals surface area contributed by atoms with Gasteiger partial charge in [0.25, 0.3) is 11.8 Å². The molecule has 11 heteroatoms. The first-order valence-corrected chi connectivity index (χ1v) is 12.5. The van der Waals surface area contributed by atoms with Crippen LogP contribution in [0.4, 0.5) is 0 Å². The van der Waals surface area contributed by atoms with Crippen LogP contribution in [0.25, 0.3) is 0 Å². The molecule has 0 aliphatic carbocycles. The van der Waals surface area contributed by atoms with Crippen LogP contribution in [0.1, 0.15) is 74.1 Å². The van der Waals surface area contributed by atoms with E-state index in [0.717, 1.165) is 0 Å². The Morgan fingerprint density at radius 2 is 1.65 bits per heavy atom. The molecule has 0 spiro atoms. The molecule has 1 fully saturated rings. The van der Waals surface area contributed by atoms with Crippen LogP contribution in [0.3, 0.4) is 0 Å². The second-order valence-electron chi connectivity index (χ2n) is 9.54. The number of amides is 5. The van der Waals surface area contributed by atoms with Gasteiger partial charge >= 0.3 is 5.97 Å². The van der Waals surface area contributed by atoms with Crippen molar-refractivity contribution in [2.24, 2.45) is 11.8 Å². The van der Waals surface area contributed by atoms with Crippen LogP contribution in [-0.4, -0.2) is 70.7 Å². The number of nitrogens with one attached hydrogen (secondary N) is 3. The fourth-order valence-electron chi connectivity index (χ4n) is 3.98. The van der Waals surface area contributed by atoms with Gasteiger partial charge in [-0.1, -0.05) is 39.8 Å². The first-order valence-electron chi connectivity index (χ1n) is 12.5. The molecule has 5 amide bonds. The van der Waals surface area contributed by atoms with Crippen molar-refractivity contribution in [1.29, 1.82) is 0 Å². The molecule has 202 valence electrons. The normalized spacial score (nSPS) is 16.6. The van der Waals surface area contributed by atoms with E-state index in [1.165, 1.54) is 17.0 Å². The SMILES string of the molecule is CCC(CC(=O)N1CCCC1C(=O)NC(=O)C(C)C(C)C)NC(=O)c1ccccc1C(=O)NCC(=O)O. The van der Waals surface area contributed by atoms with Gasteiger partial charge in [-0.05, 0) is 37.3 Å². The van der Waals surface area contributed by atoms with Gasteiger partial charge in [0.1, 0.15) is 12.6 Å². The largest absolute Gasteiger partial charge is 0.480 e. The lowest BCUT2D eigenvalue weighted by atomic mass is 9.97. The molecule has 0 radical (unpaired) electrons. The molecular weight excluding hydrogens is 480 g/mol. The summed E-state index contributed by atoms with van der Waals surface area (Å²) in [4.78, 5) is 75.7. The van der Waals surface area contributed by atoms with Crippen LogP contribution in [0, 0.1) is 11.8 Å². The molecule has 1 aliphatic heterocycles. The van der Waals surface area contributed by atoms with E-state index in [1.807, 2.05) is 13.8 Å². The minimum absolute atomic E-state index is 0.0130. The van der Waals surface area contributed by atoms with Crippen LogP contribution in [0.5, 0.6) is 0 Å². The van der Waals surface area contributed by atoms with Crippen LogP contribution in [-0.2, 0) is 19.2 Å². The minimum Gasteiger partial charge on any atom is -0.480 e. The number of imide groups is 1. The summed E-state index contributed by atoms with van der Waals surface area (Å²) >= 11 is 0. The summed E-state index contributed by atoms with van der Waals surface area (Å²) in [7, 11) is 0. The molecule has 1 aliphatic rings. The summed E-state index contributed by atoms with van der Waals surface area (Å²) in [5, 5.41) is 16.2. The molecule has 4 N–H and O–H groups in total. The molecule has 37 heavy (non-hydrogen) atoms. The lowest BCUT2D eigenvalue weighted by Gasteiger charge is -2.27. The molecule has 0 aromatic heterocycles. The number of carboxylic acid groups (broad SMARTS) is 1. The first kappa shape index (κ1) is 29.5. The van der Waals surface area contributed by atoms with Gasteiger partial charge < -0.3 is 20.6 Å². The number of carbonyl (C=O) groups is 6. The zero-order chi connectivity index (χ0) is 27.7. The summed E-state index contributed by atoms with van der Waals surface area (Å²) in [5.74, 6) is -3.96. The third-order valence-corrected chi connectivity index (χ3v) is 6.60. The van der Waals surface area contributed by atoms with Gasteiger partial charge in [0, 0.05) is 24.9 Å². The molecule has 3 atom stereocenters. The molecule has 1 aromatic carbocycles. The Morgan fingerprint density at radius 1 is 1.03 bits per heavy atom. The second-order valence-corrected chi connectivity index (χ2v) is 9.54. The van der Waals surface area contributed by atoms with Crippen molar-refractivity contribution in [3.8, 4) is 0 Å². The van der Waals surface area contributed by atoms with Crippen molar-refractivity contribution in [1.82, 2.24) is 20.9 Å². The topological polar surface area (TPSA) is 162 Å². The van der Waals surface area contributed by atoms with Gasteiger partial charge in [-0.3, -0.25) is 34.1 Å². The summed E-state index contributed by atoms with van der Waals surface area (Å²) < 4.78 is 0. The molecule has 1 heterocycles. The summed E-state index contributed by atoms with van der Waals surface area (Å²) in [6, 6.07) is 4.66. The molecule has 3 unspecified atom stereocenters. The van der Waals surface area contributed by atoms with E-state index >= 15 is 0 Å². The number of nitrogens with zero attached hydrogens (tertiary/aromatic N) is 1. The maximum atomic E-state index is 13.1. The minimum atomic E-state index is -1.22. The summed E-state index contributed by atoms with van der Waals surface area (Å²) in [6.45, 7) is 7.10. The maximum absolute atomic E-state index is 13.1. The van der Waals surface area contributed by atoms with Crippen molar-refractivity contribution < 1.29 is 33.9 Å². The Hall–Kier alpha value is -3.76. The average molecular weight is 517 g/mol. The predicted octanol–water partition coefficient (Wildman–Crippen LogP) is 1.33. The Kier molecular flexibility index (Phi) is 10.8. The molecule has 1 aromatic rings. The van der Waals surface area contributed by atoms with Crippen molar-refractivity contribution in [3.05, 3.63) is 35.4 Å². The van der Waals surface area contributed by atoms with E-state index in [4.69, 9.17) is 5.11 Å². The number of hydrogen-bond acceptors (Lipinski definition) is 6. The smallest absolute Gasteiger partial charge is 0.322 e. The van der Waals surface area contributed by atoms with E-state index in [1.54, 1.807) is 26.0 Å². The van der Waals surface area contributed by atoms with Crippen LogP contribution in [0.2, 0.25) is 0 Å². The quantitative estimate of drug-likeness (QED) is 0.345. The second kappa shape index (κ2) is 13.5.